The molecule has 2 aliphatic heterocycles. The molecule has 130 valence electrons. The number of aliphatic carboxylic acids is 1. The van der Waals surface area contributed by atoms with Gasteiger partial charge in [-0.25, -0.2) is 13.2 Å². The summed E-state index contributed by atoms with van der Waals surface area (Å²) in [6, 6.07) is 2.34. The molecule has 24 heavy (non-hydrogen) atoms. The lowest BCUT2D eigenvalue weighted by Gasteiger charge is -2.35. The molecule has 3 atom stereocenters. The van der Waals surface area contributed by atoms with Crippen LogP contribution in [-0.2, 0) is 19.4 Å². The number of phenols is 2. The van der Waals surface area contributed by atoms with Gasteiger partial charge in [0.1, 0.15) is 10.1 Å². The Morgan fingerprint density at radius 1 is 1.38 bits per heavy atom. The van der Waals surface area contributed by atoms with Crippen LogP contribution in [0.5, 0.6) is 11.5 Å². The summed E-state index contributed by atoms with van der Waals surface area (Å²) < 4.78 is 23.7. The molecule has 9 nitrogen and oxygen atoms in total. The molecule has 10 heteroatoms. The molecule has 0 aromatic heterocycles. The summed E-state index contributed by atoms with van der Waals surface area (Å²) in [6.07, 6.45) is -0.207. The normalized spacial score (nSPS) is 30.5. The summed E-state index contributed by atoms with van der Waals surface area (Å²) in [7, 11) is -3.89. The van der Waals surface area contributed by atoms with Crippen LogP contribution in [0, 0.1) is 0 Å². The molecule has 0 saturated carbocycles. The Kier molecular flexibility index (Phi) is 3.41. The highest BCUT2D eigenvalue weighted by Crippen LogP contribution is 2.46. The van der Waals surface area contributed by atoms with E-state index in [0.717, 1.165) is 4.90 Å². The van der Waals surface area contributed by atoms with Crippen LogP contribution in [-0.4, -0.2) is 63.2 Å². The van der Waals surface area contributed by atoms with E-state index < -0.39 is 43.6 Å². The molecule has 0 unspecified atom stereocenters. The summed E-state index contributed by atoms with van der Waals surface area (Å²) in [5.41, 5.74) is 0.312. The molecule has 2 heterocycles. The van der Waals surface area contributed by atoms with Crippen molar-refractivity contribution in [3.63, 3.8) is 0 Å². The van der Waals surface area contributed by atoms with E-state index in [1.807, 2.05) is 0 Å². The summed E-state index contributed by atoms with van der Waals surface area (Å²) in [6.45, 7) is 1.02. The summed E-state index contributed by atoms with van der Waals surface area (Å²) in [5, 5.41) is 29.9. The van der Waals surface area contributed by atoms with Gasteiger partial charge < -0.3 is 25.5 Å². The number of carboxylic acids is 1. The molecule has 2 saturated heterocycles. The van der Waals surface area contributed by atoms with Gasteiger partial charge in [0, 0.05) is 18.3 Å². The molecule has 3 rings (SSSR count). The second-order valence-corrected chi connectivity index (χ2v) is 8.68. The van der Waals surface area contributed by atoms with Crippen molar-refractivity contribution < 1.29 is 33.3 Å². The molecule has 2 aliphatic rings. The van der Waals surface area contributed by atoms with Gasteiger partial charge in [-0.15, -0.1) is 0 Å². The van der Waals surface area contributed by atoms with Crippen LogP contribution in [0.2, 0.25) is 0 Å². The highest BCUT2D eigenvalue weighted by molar-refractivity contribution is 7.94. The van der Waals surface area contributed by atoms with E-state index in [2.05, 4.69) is 5.32 Å². The number of carboxylic acid groups (broad SMARTS) is 1. The lowest BCUT2D eigenvalue weighted by Crippen LogP contribution is -2.58. The predicted octanol–water partition coefficient (Wildman–Crippen LogP) is -0.292. The number of anilines is 1. The van der Waals surface area contributed by atoms with Crippen molar-refractivity contribution in [1.82, 2.24) is 4.90 Å². The fourth-order valence-electron chi connectivity index (χ4n) is 3.22. The zero-order valence-corrected chi connectivity index (χ0v) is 13.4. The minimum Gasteiger partial charge on any atom is -0.504 e. The second kappa shape index (κ2) is 5.00. The monoisotopic (exact) mass is 356 g/mol. The van der Waals surface area contributed by atoms with Gasteiger partial charge in [0.15, 0.2) is 27.4 Å². The van der Waals surface area contributed by atoms with E-state index >= 15 is 0 Å². The van der Waals surface area contributed by atoms with E-state index in [1.165, 1.54) is 25.1 Å². The van der Waals surface area contributed by atoms with Gasteiger partial charge in [0.25, 0.3) is 0 Å². The molecule has 0 radical (unpaired) electrons. The Labute approximate surface area is 137 Å². The number of nitrogens with zero attached hydrogens (tertiary/aromatic N) is 1. The number of carbonyl (C=O) groups excluding carboxylic acids is 1. The van der Waals surface area contributed by atoms with E-state index in [0.29, 0.717) is 5.69 Å². The molecule has 4 N–H and O–H groups in total. The number of aromatic hydroxyl groups is 2. The van der Waals surface area contributed by atoms with Crippen molar-refractivity contribution in [1.29, 1.82) is 0 Å². The Bertz CT molecular complexity index is 838. The number of hydrogen-bond donors (Lipinski definition) is 4. The van der Waals surface area contributed by atoms with Crippen LogP contribution in [0.4, 0.5) is 5.69 Å². The van der Waals surface area contributed by atoms with Crippen LogP contribution in [0.15, 0.2) is 18.2 Å². The summed E-state index contributed by atoms with van der Waals surface area (Å²) >= 11 is 0. The van der Waals surface area contributed by atoms with E-state index in [9.17, 15) is 33.3 Å². The van der Waals surface area contributed by atoms with Crippen LogP contribution in [0.1, 0.15) is 13.3 Å². The topological polar surface area (TPSA) is 144 Å². The van der Waals surface area contributed by atoms with Crippen LogP contribution in [0.25, 0.3) is 0 Å². The largest absolute Gasteiger partial charge is 0.504 e. The molecule has 0 spiro atoms. The number of rotatable bonds is 4. The number of carbonyl (C=O) groups is 2. The number of nitrogens with one attached hydrogen (secondary N) is 1. The molecule has 0 bridgehead atoms. The molecule has 2 fully saturated rings. The molecular formula is C14H16N2O7S. The summed E-state index contributed by atoms with van der Waals surface area (Å²) in [4.78, 5) is 24.2. The first-order valence-electron chi connectivity index (χ1n) is 7.13. The zero-order chi connectivity index (χ0) is 17.9. The SMILES string of the molecule is C[C@]1(CNc2ccc(O)c(O)c2)[C@H](C(=O)O)N2C(=O)C[C@H]2S1(=O)=O. The fraction of sp³-hybridized carbons (Fsp3) is 0.429. The number of sulfone groups is 1. The maximum atomic E-state index is 12.7. The van der Waals surface area contributed by atoms with Crippen molar-refractivity contribution >= 4 is 27.4 Å². The van der Waals surface area contributed by atoms with Gasteiger partial charge in [-0.3, -0.25) is 4.79 Å². The molecule has 1 aromatic carbocycles. The minimum absolute atomic E-state index is 0.207. The molecule has 1 aromatic rings. The third-order valence-electron chi connectivity index (χ3n) is 4.67. The fourth-order valence-corrected chi connectivity index (χ4v) is 5.54. The van der Waals surface area contributed by atoms with Gasteiger partial charge in [-0.2, -0.15) is 0 Å². The maximum absolute atomic E-state index is 12.7. The predicted molar refractivity (Wildman–Crippen MR) is 82.3 cm³/mol. The highest BCUT2D eigenvalue weighted by atomic mass is 32.2. The second-order valence-electron chi connectivity index (χ2n) is 6.12. The third kappa shape index (κ3) is 2.02. The minimum atomic E-state index is -3.89. The van der Waals surface area contributed by atoms with E-state index in [4.69, 9.17) is 0 Å². The molecular weight excluding hydrogens is 340 g/mol. The van der Waals surface area contributed by atoms with E-state index in [1.54, 1.807) is 0 Å². The number of amides is 1. The lowest BCUT2D eigenvalue weighted by molar-refractivity contribution is -0.157. The van der Waals surface area contributed by atoms with Gasteiger partial charge in [-0.1, -0.05) is 0 Å². The number of phenolic OH excluding ortho intramolecular Hbond substituents is 2. The number of β-lactam (4-membered cyclic amide) rings is 1. The quantitative estimate of drug-likeness (QED) is 0.327. The third-order valence-corrected chi connectivity index (χ3v) is 7.44. The van der Waals surface area contributed by atoms with Gasteiger partial charge in [0.05, 0.1) is 6.42 Å². The highest BCUT2D eigenvalue weighted by Gasteiger charge is 2.69. The van der Waals surface area contributed by atoms with Crippen LogP contribution < -0.4 is 5.32 Å². The number of fused-ring (bicyclic) bond motifs is 1. The standard InChI is InChI=1S/C14H16N2O7S/c1-14(6-15-7-2-3-8(17)9(18)4-7)12(13(20)21)16-10(19)5-11(16)24(14,22)23/h2-4,11-12,15,17-18H,5-6H2,1H3,(H,20,21)/t11-,12+,14+/m1/s1. The first-order chi connectivity index (χ1) is 11.1. The van der Waals surface area contributed by atoms with Crippen molar-refractivity contribution in [3.8, 4) is 11.5 Å². The first-order valence-corrected chi connectivity index (χ1v) is 8.67. The Morgan fingerprint density at radius 2 is 2.04 bits per heavy atom. The maximum Gasteiger partial charge on any atom is 0.328 e. The Morgan fingerprint density at radius 3 is 2.58 bits per heavy atom. The molecule has 0 aliphatic carbocycles. The van der Waals surface area contributed by atoms with Crippen molar-refractivity contribution in [3.05, 3.63) is 18.2 Å². The number of hydrogen-bond acceptors (Lipinski definition) is 7. The van der Waals surface area contributed by atoms with Crippen LogP contribution >= 0.6 is 0 Å². The Hall–Kier alpha value is -2.49. The average molecular weight is 356 g/mol. The van der Waals surface area contributed by atoms with Gasteiger partial charge >= 0.3 is 5.97 Å². The Balaban J connectivity index is 1.92. The van der Waals surface area contributed by atoms with Gasteiger partial charge in [0.2, 0.25) is 5.91 Å². The van der Waals surface area contributed by atoms with Crippen LogP contribution in [0.3, 0.4) is 0 Å². The first kappa shape index (κ1) is 16.4. The van der Waals surface area contributed by atoms with Crippen molar-refractivity contribution in [2.24, 2.45) is 0 Å². The van der Waals surface area contributed by atoms with Crippen molar-refractivity contribution in [2.45, 2.75) is 29.5 Å². The lowest BCUT2D eigenvalue weighted by atomic mass is 9.96. The van der Waals surface area contributed by atoms with Crippen molar-refractivity contribution in [2.75, 3.05) is 11.9 Å². The smallest absolute Gasteiger partial charge is 0.328 e. The van der Waals surface area contributed by atoms with E-state index in [-0.39, 0.29) is 18.7 Å². The zero-order valence-electron chi connectivity index (χ0n) is 12.6. The average Bonchev–Trinajstić information content (AvgIpc) is 2.63. The number of benzene rings is 1. The van der Waals surface area contributed by atoms with Gasteiger partial charge in [-0.05, 0) is 19.1 Å². The molecule has 1 amide bonds. The summed E-state index contributed by atoms with van der Waals surface area (Å²) in [5.74, 6) is -2.61.